The van der Waals surface area contributed by atoms with Crippen molar-refractivity contribution in [3.63, 3.8) is 0 Å². The van der Waals surface area contributed by atoms with Crippen LogP contribution in [0.15, 0.2) is 24.3 Å². The molecule has 1 rings (SSSR count). The number of nitrogens with two attached hydrogens (primary N) is 1. The van der Waals surface area contributed by atoms with Crippen molar-refractivity contribution in [2.24, 2.45) is 5.73 Å². The van der Waals surface area contributed by atoms with Crippen LogP contribution in [0.4, 0.5) is 0 Å². The van der Waals surface area contributed by atoms with E-state index in [0.717, 1.165) is 30.9 Å². The molecule has 0 saturated carbocycles. The van der Waals surface area contributed by atoms with Crippen LogP contribution < -0.4 is 10.5 Å². The normalized spacial score (nSPS) is 12.7. The van der Waals surface area contributed by atoms with Crippen LogP contribution in [0.5, 0.6) is 5.75 Å². The van der Waals surface area contributed by atoms with Gasteiger partial charge in [0.15, 0.2) is 0 Å². The Hall–Kier alpha value is -0.710. The van der Waals surface area contributed by atoms with Gasteiger partial charge in [-0.1, -0.05) is 25.1 Å². The van der Waals surface area contributed by atoms with Gasteiger partial charge in [-0.15, -0.1) is 0 Å². The highest BCUT2D eigenvalue weighted by molar-refractivity contribution is 7.98. The van der Waals surface area contributed by atoms with Gasteiger partial charge in [-0.25, -0.2) is 0 Å². The van der Waals surface area contributed by atoms with Gasteiger partial charge in [-0.2, -0.15) is 11.8 Å². The molecule has 0 fully saturated rings. The van der Waals surface area contributed by atoms with Crippen LogP contribution in [-0.2, 0) is 6.54 Å². The molecule has 3 nitrogen and oxygen atoms in total. The molecule has 4 heteroatoms. The first-order chi connectivity index (χ1) is 9.72. The molecule has 0 saturated heterocycles. The molecule has 0 aromatic heterocycles. The molecule has 0 aliphatic rings. The molecule has 0 amide bonds. The predicted octanol–water partition coefficient (Wildman–Crippen LogP) is 2.99. The molecular formula is C16H28N2OS. The molecule has 2 N–H and O–H groups in total. The summed E-state index contributed by atoms with van der Waals surface area (Å²) < 4.78 is 5.84. The average molecular weight is 296 g/mol. The van der Waals surface area contributed by atoms with Crippen LogP contribution in [0.25, 0.3) is 0 Å². The first kappa shape index (κ1) is 17.3. The van der Waals surface area contributed by atoms with E-state index in [4.69, 9.17) is 10.5 Å². The largest absolute Gasteiger partial charge is 0.493 e. The van der Waals surface area contributed by atoms with E-state index in [2.05, 4.69) is 25.1 Å². The molecule has 1 atom stereocenters. The summed E-state index contributed by atoms with van der Waals surface area (Å²) in [6.45, 7) is 4.61. The molecule has 20 heavy (non-hydrogen) atoms. The maximum Gasteiger partial charge on any atom is 0.123 e. The number of ether oxygens (including phenoxy) is 1. The number of rotatable bonds is 10. The van der Waals surface area contributed by atoms with Gasteiger partial charge in [0.05, 0.1) is 6.61 Å². The van der Waals surface area contributed by atoms with Gasteiger partial charge < -0.3 is 15.4 Å². The molecule has 0 bridgehead atoms. The van der Waals surface area contributed by atoms with Crippen LogP contribution in [-0.4, -0.2) is 43.1 Å². The lowest BCUT2D eigenvalue weighted by molar-refractivity contribution is 0.222. The predicted molar refractivity (Wildman–Crippen MR) is 89.5 cm³/mol. The Morgan fingerprint density at radius 2 is 2.10 bits per heavy atom. The Balaban J connectivity index is 2.30. The van der Waals surface area contributed by atoms with Crippen LogP contribution in [0.3, 0.4) is 0 Å². The van der Waals surface area contributed by atoms with Crippen LogP contribution in [0, 0.1) is 0 Å². The van der Waals surface area contributed by atoms with E-state index in [0.29, 0.717) is 12.6 Å². The van der Waals surface area contributed by atoms with Gasteiger partial charge in [0, 0.05) is 30.4 Å². The van der Waals surface area contributed by atoms with E-state index in [9.17, 15) is 0 Å². The van der Waals surface area contributed by atoms with E-state index in [-0.39, 0.29) is 0 Å². The molecule has 1 aromatic rings. The SMILES string of the molecule is CCC(CSC)N(C)CCCOc1ccccc1CN. The van der Waals surface area contributed by atoms with E-state index >= 15 is 0 Å². The van der Waals surface area contributed by atoms with Crippen molar-refractivity contribution in [2.75, 3.05) is 32.2 Å². The smallest absolute Gasteiger partial charge is 0.123 e. The molecule has 1 aromatic carbocycles. The second kappa shape index (κ2) is 10.1. The summed E-state index contributed by atoms with van der Waals surface area (Å²) in [6.07, 6.45) is 4.41. The Labute approximate surface area is 127 Å². The van der Waals surface area contributed by atoms with Crippen LogP contribution in [0.2, 0.25) is 0 Å². The third-order valence-corrected chi connectivity index (χ3v) is 4.28. The van der Waals surface area contributed by atoms with Gasteiger partial charge in [-0.05, 0) is 32.2 Å². The monoisotopic (exact) mass is 296 g/mol. The lowest BCUT2D eigenvalue weighted by Gasteiger charge is -2.26. The third kappa shape index (κ3) is 5.73. The highest BCUT2D eigenvalue weighted by Crippen LogP contribution is 2.17. The van der Waals surface area contributed by atoms with Crippen LogP contribution in [0.1, 0.15) is 25.3 Å². The topological polar surface area (TPSA) is 38.5 Å². The molecule has 0 aliphatic carbocycles. The first-order valence-electron chi connectivity index (χ1n) is 7.32. The quantitative estimate of drug-likeness (QED) is 0.674. The van der Waals surface area contributed by atoms with Gasteiger partial charge in [0.2, 0.25) is 0 Å². The van der Waals surface area contributed by atoms with Crippen molar-refractivity contribution in [3.8, 4) is 5.75 Å². The number of para-hydroxylation sites is 1. The van der Waals surface area contributed by atoms with Crippen molar-refractivity contribution in [3.05, 3.63) is 29.8 Å². The summed E-state index contributed by atoms with van der Waals surface area (Å²) >= 11 is 1.92. The van der Waals surface area contributed by atoms with E-state index < -0.39 is 0 Å². The van der Waals surface area contributed by atoms with Gasteiger partial charge in [-0.3, -0.25) is 0 Å². The molecular weight excluding hydrogens is 268 g/mol. The number of nitrogens with zero attached hydrogens (tertiary/aromatic N) is 1. The summed E-state index contributed by atoms with van der Waals surface area (Å²) in [7, 11) is 2.21. The van der Waals surface area contributed by atoms with E-state index in [1.165, 1.54) is 12.2 Å². The van der Waals surface area contributed by atoms with Gasteiger partial charge >= 0.3 is 0 Å². The molecule has 0 heterocycles. The minimum atomic E-state index is 0.529. The van der Waals surface area contributed by atoms with E-state index in [1.807, 2.05) is 36.0 Å². The molecule has 0 radical (unpaired) electrons. The van der Waals surface area contributed by atoms with Crippen molar-refractivity contribution >= 4 is 11.8 Å². The third-order valence-electron chi connectivity index (χ3n) is 3.56. The second-order valence-electron chi connectivity index (χ2n) is 5.01. The van der Waals surface area contributed by atoms with E-state index in [1.54, 1.807) is 0 Å². The molecule has 1 unspecified atom stereocenters. The van der Waals surface area contributed by atoms with Gasteiger partial charge in [0.25, 0.3) is 0 Å². The van der Waals surface area contributed by atoms with Crippen molar-refractivity contribution in [1.82, 2.24) is 4.90 Å². The maximum atomic E-state index is 5.84. The standard InChI is InChI=1S/C16H28N2OS/c1-4-15(13-20-3)18(2)10-7-11-19-16-9-6-5-8-14(16)12-17/h5-6,8-9,15H,4,7,10-13,17H2,1-3H3. The summed E-state index contributed by atoms with van der Waals surface area (Å²) in [4.78, 5) is 2.44. The summed E-state index contributed by atoms with van der Waals surface area (Å²) in [5, 5.41) is 0. The van der Waals surface area contributed by atoms with Crippen molar-refractivity contribution in [1.29, 1.82) is 0 Å². The molecule has 0 aliphatic heterocycles. The van der Waals surface area contributed by atoms with Crippen molar-refractivity contribution in [2.45, 2.75) is 32.4 Å². The van der Waals surface area contributed by atoms with Crippen LogP contribution >= 0.6 is 11.8 Å². The number of benzene rings is 1. The minimum absolute atomic E-state index is 0.529. The molecule has 114 valence electrons. The fourth-order valence-corrected chi connectivity index (χ4v) is 3.12. The Morgan fingerprint density at radius 3 is 2.75 bits per heavy atom. The zero-order valence-corrected chi connectivity index (χ0v) is 13.8. The van der Waals surface area contributed by atoms with Gasteiger partial charge in [0.1, 0.15) is 5.75 Å². The Bertz CT molecular complexity index is 373. The summed E-state index contributed by atoms with van der Waals surface area (Å²) in [6, 6.07) is 8.67. The highest BCUT2D eigenvalue weighted by Gasteiger charge is 2.11. The fourth-order valence-electron chi connectivity index (χ4n) is 2.24. The second-order valence-corrected chi connectivity index (χ2v) is 5.92. The minimum Gasteiger partial charge on any atom is -0.493 e. The lowest BCUT2D eigenvalue weighted by atomic mass is 10.2. The Morgan fingerprint density at radius 1 is 1.35 bits per heavy atom. The van der Waals surface area contributed by atoms with Crippen molar-refractivity contribution < 1.29 is 4.74 Å². The first-order valence-corrected chi connectivity index (χ1v) is 8.72. The number of hydrogen-bond donors (Lipinski definition) is 1. The number of hydrogen-bond acceptors (Lipinski definition) is 4. The summed E-state index contributed by atoms with van der Waals surface area (Å²) in [5.74, 6) is 2.12. The fraction of sp³-hybridized carbons (Fsp3) is 0.625. The zero-order chi connectivity index (χ0) is 14.8. The Kier molecular flexibility index (Phi) is 8.74. The lowest BCUT2D eigenvalue weighted by Crippen LogP contribution is -2.34. The molecule has 0 spiro atoms. The number of thioether (sulfide) groups is 1. The maximum absolute atomic E-state index is 5.84. The zero-order valence-electron chi connectivity index (χ0n) is 13.0. The average Bonchev–Trinajstić information content (AvgIpc) is 2.49. The summed E-state index contributed by atoms with van der Waals surface area (Å²) in [5.41, 5.74) is 6.78. The highest BCUT2D eigenvalue weighted by atomic mass is 32.2.